The van der Waals surface area contributed by atoms with E-state index in [2.05, 4.69) is 24.1 Å². The molecular formula is C24H33N3O2S. The Labute approximate surface area is 183 Å². The zero-order chi connectivity index (χ0) is 21.3. The molecule has 2 saturated carbocycles. The van der Waals surface area contributed by atoms with Crippen molar-refractivity contribution in [3.8, 4) is 0 Å². The Hall–Kier alpha value is -1.95. The maximum absolute atomic E-state index is 12.9. The Balaban J connectivity index is 1.36. The average Bonchev–Trinajstić information content (AvgIpc) is 2.75. The highest BCUT2D eigenvalue weighted by molar-refractivity contribution is 7.71. The highest BCUT2D eigenvalue weighted by atomic mass is 32.1. The predicted molar refractivity (Wildman–Crippen MR) is 123 cm³/mol. The molecular weight excluding hydrogens is 394 g/mol. The molecule has 1 aromatic carbocycles. The van der Waals surface area contributed by atoms with Gasteiger partial charge in [0, 0.05) is 18.5 Å². The number of aromatic nitrogens is 2. The van der Waals surface area contributed by atoms with Crippen LogP contribution in [0.3, 0.4) is 0 Å². The van der Waals surface area contributed by atoms with E-state index in [-0.39, 0.29) is 17.4 Å². The summed E-state index contributed by atoms with van der Waals surface area (Å²) in [6.45, 7) is 5.20. The normalized spacial score (nSPS) is 29.6. The van der Waals surface area contributed by atoms with Gasteiger partial charge in [-0.2, -0.15) is 0 Å². The highest BCUT2D eigenvalue weighted by Gasteiger charge is 2.32. The number of benzene rings is 1. The zero-order valence-electron chi connectivity index (χ0n) is 18.0. The molecule has 2 aliphatic rings. The van der Waals surface area contributed by atoms with Gasteiger partial charge in [0.25, 0.3) is 5.56 Å². The lowest BCUT2D eigenvalue weighted by atomic mass is 9.77. The van der Waals surface area contributed by atoms with Crippen LogP contribution in [0.15, 0.2) is 29.1 Å². The smallest absolute Gasteiger partial charge is 0.262 e. The van der Waals surface area contributed by atoms with E-state index in [1.807, 2.05) is 24.3 Å². The number of hydrogen-bond acceptors (Lipinski definition) is 3. The predicted octanol–water partition coefficient (Wildman–Crippen LogP) is 4.81. The van der Waals surface area contributed by atoms with E-state index in [0.717, 1.165) is 37.6 Å². The summed E-state index contributed by atoms with van der Waals surface area (Å²) >= 11 is 5.46. The molecule has 3 atom stereocenters. The average molecular weight is 428 g/mol. The molecule has 0 saturated heterocycles. The summed E-state index contributed by atoms with van der Waals surface area (Å²) in [5.41, 5.74) is 0.769. The van der Waals surface area contributed by atoms with Crippen LogP contribution in [-0.2, 0) is 11.3 Å². The summed E-state index contributed by atoms with van der Waals surface area (Å²) in [5.74, 6) is 1.97. The van der Waals surface area contributed by atoms with Crippen LogP contribution in [0, 0.1) is 28.4 Å². The van der Waals surface area contributed by atoms with Crippen molar-refractivity contribution >= 4 is 29.0 Å². The van der Waals surface area contributed by atoms with Crippen LogP contribution in [-0.4, -0.2) is 21.5 Å². The number of amides is 1. The van der Waals surface area contributed by atoms with Gasteiger partial charge in [-0.05, 0) is 74.2 Å². The first kappa shape index (κ1) is 21.3. The Morgan fingerprint density at radius 1 is 1.13 bits per heavy atom. The molecule has 30 heavy (non-hydrogen) atoms. The van der Waals surface area contributed by atoms with E-state index in [1.165, 1.54) is 12.8 Å². The van der Waals surface area contributed by atoms with Crippen molar-refractivity contribution in [2.75, 3.05) is 0 Å². The first-order valence-corrected chi connectivity index (χ1v) is 11.9. The minimum Gasteiger partial charge on any atom is -0.353 e. The Bertz CT molecular complexity index is 1020. The number of rotatable bonds is 4. The van der Waals surface area contributed by atoms with Crippen LogP contribution >= 0.6 is 12.2 Å². The van der Waals surface area contributed by atoms with Crippen LogP contribution in [0.5, 0.6) is 0 Å². The fourth-order valence-electron chi connectivity index (χ4n) is 5.32. The number of para-hydroxylation sites is 1. The summed E-state index contributed by atoms with van der Waals surface area (Å²) < 4.78 is 2.19. The summed E-state index contributed by atoms with van der Waals surface area (Å²) in [4.78, 5) is 28.9. The maximum Gasteiger partial charge on any atom is 0.262 e. The van der Waals surface area contributed by atoms with Gasteiger partial charge in [0.1, 0.15) is 0 Å². The Morgan fingerprint density at radius 2 is 1.87 bits per heavy atom. The van der Waals surface area contributed by atoms with Gasteiger partial charge in [-0.1, -0.05) is 38.8 Å². The van der Waals surface area contributed by atoms with Crippen molar-refractivity contribution in [3.05, 3.63) is 39.4 Å². The standard InChI is InChI=1S/C24H33N3O2S/c1-15-6-5-9-20(16(15)2)25-22(28)18-12-10-17(11-13-18)14-27-23(29)19-7-3-4-8-21(19)26-24(27)30/h3-4,7-8,15-18,20H,5-6,9-14H2,1-2H3,(H,25,28)(H,26,30). The van der Waals surface area contributed by atoms with Gasteiger partial charge < -0.3 is 10.3 Å². The van der Waals surface area contributed by atoms with Crippen molar-refractivity contribution < 1.29 is 4.79 Å². The first-order valence-electron chi connectivity index (χ1n) is 11.5. The van der Waals surface area contributed by atoms with Gasteiger partial charge in [-0.15, -0.1) is 0 Å². The number of aromatic amines is 1. The lowest BCUT2D eigenvalue weighted by Gasteiger charge is -2.36. The van der Waals surface area contributed by atoms with Gasteiger partial charge in [0.05, 0.1) is 10.9 Å². The first-order chi connectivity index (χ1) is 14.4. The van der Waals surface area contributed by atoms with E-state index in [9.17, 15) is 9.59 Å². The molecule has 162 valence electrons. The molecule has 3 unspecified atom stereocenters. The number of hydrogen-bond donors (Lipinski definition) is 2. The van der Waals surface area contributed by atoms with Gasteiger partial charge in [0.15, 0.2) is 4.77 Å². The molecule has 1 aromatic heterocycles. The van der Waals surface area contributed by atoms with Gasteiger partial charge in [-0.3, -0.25) is 14.2 Å². The van der Waals surface area contributed by atoms with E-state index in [1.54, 1.807) is 4.57 Å². The molecule has 0 aliphatic heterocycles. The van der Waals surface area contributed by atoms with Gasteiger partial charge >= 0.3 is 0 Å². The number of carbonyl (C=O) groups excluding carboxylic acids is 1. The van der Waals surface area contributed by atoms with E-state index >= 15 is 0 Å². The number of fused-ring (bicyclic) bond motifs is 1. The van der Waals surface area contributed by atoms with Crippen LogP contribution in [0.25, 0.3) is 10.9 Å². The Morgan fingerprint density at radius 3 is 2.63 bits per heavy atom. The second-order valence-electron chi connectivity index (χ2n) is 9.49. The minimum absolute atomic E-state index is 0.0189. The molecule has 0 radical (unpaired) electrons. The van der Waals surface area contributed by atoms with Gasteiger partial charge in [-0.25, -0.2) is 0 Å². The highest BCUT2D eigenvalue weighted by Crippen LogP contribution is 2.32. The minimum atomic E-state index is -0.0189. The molecule has 6 heteroatoms. The largest absolute Gasteiger partial charge is 0.353 e. The fraction of sp³-hybridized carbons (Fsp3) is 0.625. The van der Waals surface area contributed by atoms with Crippen LogP contribution in [0.2, 0.25) is 0 Å². The van der Waals surface area contributed by atoms with E-state index < -0.39 is 0 Å². The second-order valence-corrected chi connectivity index (χ2v) is 9.88. The lowest BCUT2D eigenvalue weighted by Crippen LogP contribution is -2.46. The monoisotopic (exact) mass is 427 g/mol. The van der Waals surface area contributed by atoms with Gasteiger partial charge in [0.2, 0.25) is 5.91 Å². The third-order valence-corrected chi connectivity index (χ3v) is 7.90. The molecule has 2 N–H and O–H groups in total. The lowest BCUT2D eigenvalue weighted by molar-refractivity contribution is -0.127. The summed E-state index contributed by atoms with van der Waals surface area (Å²) in [6.07, 6.45) is 7.30. The number of nitrogens with one attached hydrogen (secondary N) is 2. The van der Waals surface area contributed by atoms with E-state index in [0.29, 0.717) is 40.5 Å². The number of H-pyrrole nitrogens is 1. The third-order valence-electron chi connectivity index (χ3n) is 7.58. The molecule has 0 spiro atoms. The van der Waals surface area contributed by atoms with Crippen LogP contribution in [0.1, 0.15) is 58.8 Å². The summed E-state index contributed by atoms with van der Waals surface area (Å²) in [7, 11) is 0. The molecule has 5 nitrogen and oxygen atoms in total. The molecule has 4 rings (SSSR count). The molecule has 1 amide bonds. The van der Waals surface area contributed by atoms with E-state index in [4.69, 9.17) is 12.2 Å². The van der Waals surface area contributed by atoms with Crippen molar-refractivity contribution in [3.63, 3.8) is 0 Å². The van der Waals surface area contributed by atoms with Crippen LogP contribution < -0.4 is 10.9 Å². The summed E-state index contributed by atoms with van der Waals surface area (Å²) in [5, 5.41) is 4.03. The molecule has 2 fully saturated rings. The molecule has 2 aliphatic carbocycles. The molecule has 0 bridgehead atoms. The van der Waals surface area contributed by atoms with Crippen LogP contribution in [0.4, 0.5) is 0 Å². The number of nitrogens with zero attached hydrogens (tertiary/aromatic N) is 1. The fourth-order valence-corrected chi connectivity index (χ4v) is 5.58. The van der Waals surface area contributed by atoms with Crippen molar-refractivity contribution in [2.45, 2.75) is 71.4 Å². The van der Waals surface area contributed by atoms with Crippen molar-refractivity contribution in [1.29, 1.82) is 0 Å². The maximum atomic E-state index is 12.9. The number of carbonyl (C=O) groups is 1. The second kappa shape index (κ2) is 9.04. The third kappa shape index (κ3) is 4.39. The quantitative estimate of drug-likeness (QED) is 0.689. The topological polar surface area (TPSA) is 66.9 Å². The van der Waals surface area contributed by atoms with Crippen molar-refractivity contribution in [1.82, 2.24) is 14.9 Å². The molecule has 1 heterocycles. The Kier molecular flexibility index (Phi) is 6.42. The van der Waals surface area contributed by atoms with Crippen molar-refractivity contribution in [2.24, 2.45) is 23.7 Å². The SMILES string of the molecule is CC1CCCC(NC(=O)C2CCC(Cn3c(=S)[nH]c4ccccc4c3=O)CC2)C1C. The summed E-state index contributed by atoms with van der Waals surface area (Å²) in [6, 6.07) is 7.83. The zero-order valence-corrected chi connectivity index (χ0v) is 18.8. The molecule has 2 aromatic rings.